The maximum atomic E-state index is 13.2. The van der Waals surface area contributed by atoms with E-state index in [1.54, 1.807) is 19.1 Å². The number of hydrogen-bond acceptors (Lipinski definition) is 3. The normalized spacial score (nSPS) is 22.0. The van der Waals surface area contributed by atoms with E-state index in [0.29, 0.717) is 17.7 Å². The SMILES string of the molecule is CC(NC(=O)C12CCC(=O)N1c1ccccc1S2)c1cccc(C(F)(F)F)c1. The molecule has 8 heteroatoms. The van der Waals surface area contributed by atoms with E-state index < -0.39 is 22.7 Å². The monoisotopic (exact) mass is 406 g/mol. The van der Waals surface area contributed by atoms with Crippen LogP contribution in [-0.2, 0) is 15.8 Å². The Morgan fingerprint density at radius 1 is 1.21 bits per heavy atom. The Hall–Kier alpha value is -2.48. The first kappa shape index (κ1) is 18.9. The second kappa shape index (κ2) is 6.55. The standard InChI is InChI=1S/C20H17F3N2O2S/c1-12(13-5-4-6-14(11-13)20(21,22)23)24-18(27)19-10-9-17(26)25(19)15-7-2-3-8-16(15)28-19/h2-8,11-12H,9-10H2,1H3,(H,24,27). The quantitative estimate of drug-likeness (QED) is 0.816. The van der Waals surface area contributed by atoms with Crippen LogP contribution in [-0.4, -0.2) is 16.7 Å². The summed E-state index contributed by atoms with van der Waals surface area (Å²) in [6, 6.07) is 11.6. The maximum Gasteiger partial charge on any atom is 0.416 e. The van der Waals surface area contributed by atoms with Gasteiger partial charge in [-0.3, -0.25) is 14.5 Å². The summed E-state index contributed by atoms with van der Waals surface area (Å²) in [5.41, 5.74) is 0.303. The van der Waals surface area contributed by atoms with Gasteiger partial charge in [0.25, 0.3) is 5.91 Å². The molecular formula is C20H17F3N2O2S. The van der Waals surface area contributed by atoms with Gasteiger partial charge in [0, 0.05) is 11.3 Å². The Kier molecular flexibility index (Phi) is 4.41. The van der Waals surface area contributed by atoms with Gasteiger partial charge in [-0.25, -0.2) is 0 Å². The zero-order chi connectivity index (χ0) is 20.1. The molecule has 1 fully saturated rings. The van der Waals surface area contributed by atoms with Gasteiger partial charge in [0.05, 0.1) is 17.3 Å². The van der Waals surface area contributed by atoms with Crippen LogP contribution in [0.15, 0.2) is 53.4 Å². The van der Waals surface area contributed by atoms with Crippen molar-refractivity contribution in [1.82, 2.24) is 5.32 Å². The van der Waals surface area contributed by atoms with Crippen LogP contribution in [0, 0.1) is 0 Å². The van der Waals surface area contributed by atoms with Crippen molar-refractivity contribution in [2.24, 2.45) is 0 Å². The molecule has 0 radical (unpaired) electrons. The Morgan fingerprint density at radius 3 is 2.71 bits per heavy atom. The number of benzene rings is 2. The Labute approximate surface area is 164 Å². The van der Waals surface area contributed by atoms with Crippen molar-refractivity contribution in [1.29, 1.82) is 0 Å². The molecule has 2 amide bonds. The van der Waals surface area contributed by atoms with Crippen LogP contribution in [0.4, 0.5) is 18.9 Å². The van der Waals surface area contributed by atoms with Gasteiger partial charge in [-0.15, -0.1) is 0 Å². The molecule has 28 heavy (non-hydrogen) atoms. The second-order valence-corrected chi connectivity index (χ2v) is 8.22. The fraction of sp³-hybridized carbons (Fsp3) is 0.300. The van der Waals surface area contributed by atoms with Crippen molar-refractivity contribution in [3.8, 4) is 0 Å². The highest BCUT2D eigenvalue weighted by Crippen LogP contribution is 2.55. The molecule has 2 aromatic carbocycles. The highest BCUT2D eigenvalue weighted by atomic mass is 32.2. The Balaban J connectivity index is 1.60. The summed E-state index contributed by atoms with van der Waals surface area (Å²) < 4.78 is 38.9. The molecule has 0 aromatic heterocycles. The molecule has 2 unspecified atom stereocenters. The summed E-state index contributed by atoms with van der Waals surface area (Å²) in [7, 11) is 0. The smallest absolute Gasteiger partial charge is 0.347 e. The third kappa shape index (κ3) is 2.96. The van der Waals surface area contributed by atoms with Gasteiger partial charge in [-0.1, -0.05) is 36.0 Å². The molecule has 1 saturated heterocycles. The topological polar surface area (TPSA) is 49.4 Å². The lowest BCUT2D eigenvalue weighted by Crippen LogP contribution is -2.52. The van der Waals surface area contributed by atoms with E-state index in [1.165, 1.54) is 22.7 Å². The number of carbonyl (C=O) groups excluding carboxylic acids is 2. The Morgan fingerprint density at radius 2 is 1.96 bits per heavy atom. The summed E-state index contributed by atoms with van der Waals surface area (Å²) in [5, 5.41) is 2.81. The number of anilines is 1. The molecule has 146 valence electrons. The van der Waals surface area contributed by atoms with Crippen LogP contribution in [0.5, 0.6) is 0 Å². The molecule has 2 aromatic rings. The van der Waals surface area contributed by atoms with E-state index in [0.717, 1.165) is 17.0 Å². The molecule has 1 N–H and O–H groups in total. The first-order valence-electron chi connectivity index (χ1n) is 8.81. The number of para-hydroxylation sites is 1. The number of carbonyl (C=O) groups is 2. The number of thioether (sulfide) groups is 1. The van der Waals surface area contributed by atoms with E-state index in [9.17, 15) is 22.8 Å². The minimum Gasteiger partial charge on any atom is -0.347 e. The number of halogens is 3. The highest BCUT2D eigenvalue weighted by molar-refractivity contribution is 8.02. The third-order valence-electron chi connectivity index (χ3n) is 5.09. The molecule has 2 atom stereocenters. The number of amides is 2. The largest absolute Gasteiger partial charge is 0.416 e. The van der Waals surface area contributed by atoms with Gasteiger partial charge < -0.3 is 5.32 Å². The molecule has 2 aliphatic heterocycles. The molecule has 0 aliphatic carbocycles. The zero-order valence-electron chi connectivity index (χ0n) is 14.9. The van der Waals surface area contributed by atoms with Crippen LogP contribution in [0.2, 0.25) is 0 Å². The van der Waals surface area contributed by atoms with E-state index >= 15 is 0 Å². The number of nitrogens with one attached hydrogen (secondary N) is 1. The van der Waals surface area contributed by atoms with Crippen LogP contribution >= 0.6 is 11.8 Å². The summed E-state index contributed by atoms with van der Waals surface area (Å²) in [4.78, 5) is 26.9. The number of alkyl halides is 3. The van der Waals surface area contributed by atoms with Crippen LogP contribution in [0.1, 0.15) is 36.9 Å². The molecule has 2 heterocycles. The van der Waals surface area contributed by atoms with E-state index in [-0.39, 0.29) is 18.2 Å². The minimum absolute atomic E-state index is 0.126. The zero-order valence-corrected chi connectivity index (χ0v) is 15.7. The maximum absolute atomic E-state index is 13.2. The molecule has 2 aliphatic rings. The number of hydrogen-bond donors (Lipinski definition) is 1. The van der Waals surface area contributed by atoms with Crippen molar-refractivity contribution in [2.45, 2.75) is 41.7 Å². The van der Waals surface area contributed by atoms with Gasteiger partial charge in [0.1, 0.15) is 0 Å². The van der Waals surface area contributed by atoms with Crippen LogP contribution < -0.4 is 10.2 Å². The predicted molar refractivity (Wildman–Crippen MR) is 99.8 cm³/mol. The lowest BCUT2D eigenvalue weighted by molar-refractivity contribution is -0.137. The van der Waals surface area contributed by atoms with Gasteiger partial charge in [0.2, 0.25) is 5.91 Å². The van der Waals surface area contributed by atoms with Crippen LogP contribution in [0.3, 0.4) is 0 Å². The lowest BCUT2D eigenvalue weighted by Gasteiger charge is -2.31. The van der Waals surface area contributed by atoms with Gasteiger partial charge in [-0.05, 0) is 43.2 Å². The van der Waals surface area contributed by atoms with Crippen molar-refractivity contribution in [3.05, 3.63) is 59.7 Å². The third-order valence-corrected chi connectivity index (χ3v) is 6.56. The van der Waals surface area contributed by atoms with E-state index in [2.05, 4.69) is 5.32 Å². The molecular weight excluding hydrogens is 389 g/mol. The highest BCUT2D eigenvalue weighted by Gasteiger charge is 2.57. The first-order valence-corrected chi connectivity index (χ1v) is 9.63. The molecule has 0 bridgehead atoms. The van der Waals surface area contributed by atoms with Gasteiger partial charge in [-0.2, -0.15) is 13.2 Å². The fourth-order valence-electron chi connectivity index (χ4n) is 3.68. The van der Waals surface area contributed by atoms with Crippen molar-refractivity contribution in [2.75, 3.05) is 4.90 Å². The van der Waals surface area contributed by atoms with Gasteiger partial charge in [0.15, 0.2) is 4.87 Å². The number of nitrogens with zero attached hydrogens (tertiary/aromatic N) is 1. The minimum atomic E-state index is -4.45. The average Bonchev–Trinajstić information content (AvgIpc) is 3.17. The summed E-state index contributed by atoms with van der Waals surface area (Å²) in [5.74, 6) is -0.496. The van der Waals surface area contributed by atoms with E-state index in [1.807, 2.05) is 18.2 Å². The fourth-order valence-corrected chi connectivity index (χ4v) is 5.10. The molecule has 0 spiro atoms. The molecule has 4 rings (SSSR count). The predicted octanol–water partition coefficient (Wildman–Crippen LogP) is 4.51. The summed E-state index contributed by atoms with van der Waals surface area (Å²) in [6.45, 7) is 1.64. The number of rotatable bonds is 3. The second-order valence-electron chi connectivity index (χ2n) is 6.90. The van der Waals surface area contributed by atoms with Gasteiger partial charge >= 0.3 is 6.18 Å². The van der Waals surface area contributed by atoms with Crippen molar-refractivity contribution in [3.63, 3.8) is 0 Å². The van der Waals surface area contributed by atoms with Crippen LogP contribution in [0.25, 0.3) is 0 Å². The molecule has 0 saturated carbocycles. The van der Waals surface area contributed by atoms with E-state index in [4.69, 9.17) is 0 Å². The summed E-state index contributed by atoms with van der Waals surface area (Å²) >= 11 is 1.32. The Bertz CT molecular complexity index is 962. The summed E-state index contributed by atoms with van der Waals surface area (Å²) in [6.07, 6.45) is -3.84. The van der Waals surface area contributed by atoms with Crippen molar-refractivity contribution >= 4 is 29.3 Å². The number of fused-ring (bicyclic) bond motifs is 3. The van der Waals surface area contributed by atoms with Crippen molar-refractivity contribution < 1.29 is 22.8 Å². The molecule has 4 nitrogen and oxygen atoms in total. The first-order chi connectivity index (χ1) is 13.2. The lowest BCUT2D eigenvalue weighted by atomic mass is 10.0. The average molecular weight is 406 g/mol.